The molecule has 6 heteroatoms. The number of rotatable bonds is 7. The first-order valence-corrected chi connectivity index (χ1v) is 9.32. The van der Waals surface area contributed by atoms with Gasteiger partial charge in [-0.1, -0.05) is 30.5 Å². The van der Waals surface area contributed by atoms with Crippen molar-refractivity contribution in [2.45, 2.75) is 32.6 Å². The van der Waals surface area contributed by atoms with Gasteiger partial charge < -0.3 is 20.3 Å². The van der Waals surface area contributed by atoms with Gasteiger partial charge in [0.05, 0.1) is 12.0 Å². The lowest BCUT2D eigenvalue weighted by Crippen LogP contribution is -2.49. The first-order chi connectivity index (χ1) is 12.5. The maximum atomic E-state index is 12.6. The van der Waals surface area contributed by atoms with E-state index in [1.807, 2.05) is 38.4 Å². The van der Waals surface area contributed by atoms with Gasteiger partial charge in [0.1, 0.15) is 12.4 Å². The molecular formula is C20H32N4O2. The lowest BCUT2D eigenvalue weighted by molar-refractivity contribution is -0.138. The molecule has 1 aromatic rings. The van der Waals surface area contributed by atoms with Crippen LogP contribution in [0.4, 0.5) is 0 Å². The predicted octanol–water partition coefficient (Wildman–Crippen LogP) is 2.19. The standard InChI is InChI=1S/C20H32N4O2/c1-16-7-9-17(10-8-16)26-14-13-22-19(21-2)23-15-20(11-5-6-12-20)18(25)24(3)4/h7-10H,5-6,11-15H2,1-4H3,(H2,21,22,23). The van der Waals surface area contributed by atoms with Crippen molar-refractivity contribution in [3.8, 4) is 5.75 Å². The van der Waals surface area contributed by atoms with Crippen LogP contribution in [0.25, 0.3) is 0 Å². The quantitative estimate of drug-likeness (QED) is 0.444. The van der Waals surface area contributed by atoms with Gasteiger partial charge in [0, 0.05) is 27.7 Å². The molecule has 0 radical (unpaired) electrons. The molecular weight excluding hydrogens is 328 g/mol. The number of nitrogens with one attached hydrogen (secondary N) is 2. The Morgan fingerprint density at radius 2 is 1.85 bits per heavy atom. The molecule has 0 atom stereocenters. The first kappa shape index (κ1) is 20.1. The van der Waals surface area contributed by atoms with Crippen LogP contribution in [0.5, 0.6) is 5.75 Å². The third-order valence-electron chi connectivity index (χ3n) is 4.92. The number of hydrogen-bond donors (Lipinski definition) is 2. The van der Waals surface area contributed by atoms with E-state index in [0.29, 0.717) is 25.7 Å². The van der Waals surface area contributed by atoms with Crippen LogP contribution < -0.4 is 15.4 Å². The minimum Gasteiger partial charge on any atom is -0.492 e. The van der Waals surface area contributed by atoms with Crippen molar-refractivity contribution in [2.24, 2.45) is 10.4 Å². The Hall–Kier alpha value is -2.24. The van der Waals surface area contributed by atoms with Crippen LogP contribution in [0, 0.1) is 12.3 Å². The van der Waals surface area contributed by atoms with Crippen molar-refractivity contribution < 1.29 is 9.53 Å². The average molecular weight is 361 g/mol. The van der Waals surface area contributed by atoms with Crippen LogP contribution in [0.3, 0.4) is 0 Å². The number of nitrogens with zero attached hydrogens (tertiary/aromatic N) is 2. The zero-order valence-corrected chi connectivity index (χ0v) is 16.5. The topological polar surface area (TPSA) is 66.0 Å². The normalized spacial score (nSPS) is 16.2. The molecule has 0 unspecified atom stereocenters. The van der Waals surface area contributed by atoms with Gasteiger partial charge in [0.25, 0.3) is 0 Å². The van der Waals surface area contributed by atoms with Gasteiger partial charge in [-0.15, -0.1) is 0 Å². The van der Waals surface area contributed by atoms with Gasteiger partial charge >= 0.3 is 0 Å². The summed E-state index contributed by atoms with van der Waals surface area (Å²) < 4.78 is 5.72. The highest BCUT2D eigenvalue weighted by Gasteiger charge is 2.42. The number of carbonyl (C=O) groups excluding carboxylic acids is 1. The van der Waals surface area contributed by atoms with Crippen LogP contribution >= 0.6 is 0 Å². The highest BCUT2D eigenvalue weighted by molar-refractivity contribution is 5.85. The fraction of sp³-hybridized carbons (Fsp3) is 0.600. The Morgan fingerprint density at radius 3 is 2.42 bits per heavy atom. The van der Waals surface area contributed by atoms with E-state index in [4.69, 9.17) is 4.74 Å². The molecule has 1 amide bonds. The SMILES string of the molecule is CN=C(NCCOc1ccc(C)cc1)NCC1(C(=O)N(C)C)CCCC1. The second-order valence-electron chi connectivity index (χ2n) is 7.20. The Kier molecular flexibility index (Phi) is 7.30. The second kappa shape index (κ2) is 9.46. The fourth-order valence-electron chi connectivity index (χ4n) is 3.44. The molecule has 1 aliphatic carbocycles. The number of guanidine groups is 1. The van der Waals surface area contributed by atoms with Crippen molar-refractivity contribution in [2.75, 3.05) is 40.8 Å². The van der Waals surface area contributed by atoms with Crippen LogP contribution in [0.2, 0.25) is 0 Å². The number of benzene rings is 1. The van der Waals surface area contributed by atoms with Crippen LogP contribution in [-0.4, -0.2) is 57.6 Å². The zero-order valence-electron chi connectivity index (χ0n) is 16.5. The average Bonchev–Trinajstić information content (AvgIpc) is 3.12. The Morgan fingerprint density at radius 1 is 1.19 bits per heavy atom. The zero-order chi connectivity index (χ0) is 19.0. The van der Waals surface area contributed by atoms with Crippen LogP contribution in [-0.2, 0) is 4.79 Å². The fourth-order valence-corrected chi connectivity index (χ4v) is 3.44. The number of ether oxygens (including phenoxy) is 1. The summed E-state index contributed by atoms with van der Waals surface area (Å²) in [5, 5.41) is 6.58. The monoisotopic (exact) mass is 360 g/mol. The molecule has 1 aliphatic rings. The van der Waals surface area contributed by atoms with Crippen molar-refractivity contribution in [1.82, 2.24) is 15.5 Å². The van der Waals surface area contributed by atoms with Gasteiger partial charge in [-0.25, -0.2) is 0 Å². The predicted molar refractivity (Wildman–Crippen MR) is 106 cm³/mol. The summed E-state index contributed by atoms with van der Waals surface area (Å²) in [6.45, 7) is 3.86. The maximum absolute atomic E-state index is 12.6. The lowest BCUT2D eigenvalue weighted by Gasteiger charge is -2.31. The molecule has 2 rings (SSSR count). The molecule has 6 nitrogen and oxygen atoms in total. The minimum atomic E-state index is -0.306. The van der Waals surface area contributed by atoms with E-state index < -0.39 is 0 Å². The molecule has 0 aromatic heterocycles. The summed E-state index contributed by atoms with van der Waals surface area (Å²) in [6, 6.07) is 8.01. The summed E-state index contributed by atoms with van der Waals surface area (Å²) in [6.07, 6.45) is 4.09. The molecule has 144 valence electrons. The van der Waals surface area contributed by atoms with Crippen molar-refractivity contribution in [3.63, 3.8) is 0 Å². The minimum absolute atomic E-state index is 0.209. The summed E-state index contributed by atoms with van der Waals surface area (Å²) in [7, 11) is 5.40. The largest absolute Gasteiger partial charge is 0.492 e. The molecule has 2 N–H and O–H groups in total. The molecule has 1 saturated carbocycles. The highest BCUT2D eigenvalue weighted by atomic mass is 16.5. The first-order valence-electron chi connectivity index (χ1n) is 9.32. The van der Waals surface area contributed by atoms with E-state index in [2.05, 4.69) is 22.5 Å². The molecule has 1 aromatic carbocycles. The summed E-state index contributed by atoms with van der Waals surface area (Å²) in [4.78, 5) is 18.6. The van der Waals surface area contributed by atoms with Gasteiger partial charge in [0.15, 0.2) is 5.96 Å². The van der Waals surface area contributed by atoms with Crippen LogP contribution in [0.1, 0.15) is 31.2 Å². The summed E-state index contributed by atoms with van der Waals surface area (Å²) in [5.74, 6) is 1.78. The molecule has 0 aliphatic heterocycles. The summed E-state index contributed by atoms with van der Waals surface area (Å²) >= 11 is 0. The number of hydrogen-bond acceptors (Lipinski definition) is 3. The second-order valence-corrected chi connectivity index (χ2v) is 7.20. The van der Waals surface area contributed by atoms with E-state index in [1.165, 1.54) is 5.56 Å². The van der Waals surface area contributed by atoms with Gasteiger partial charge in [-0.2, -0.15) is 0 Å². The van der Waals surface area contributed by atoms with Crippen LogP contribution in [0.15, 0.2) is 29.3 Å². The number of carbonyl (C=O) groups is 1. The van der Waals surface area contributed by atoms with Crippen molar-refractivity contribution in [1.29, 1.82) is 0 Å². The highest BCUT2D eigenvalue weighted by Crippen LogP contribution is 2.38. The number of amides is 1. The smallest absolute Gasteiger partial charge is 0.230 e. The molecule has 0 spiro atoms. The van der Waals surface area contributed by atoms with Gasteiger partial charge in [0.2, 0.25) is 5.91 Å². The van der Waals surface area contributed by atoms with Gasteiger partial charge in [-0.3, -0.25) is 9.79 Å². The van der Waals surface area contributed by atoms with E-state index in [-0.39, 0.29) is 11.3 Å². The maximum Gasteiger partial charge on any atom is 0.230 e. The van der Waals surface area contributed by atoms with E-state index in [0.717, 1.165) is 31.4 Å². The number of aliphatic imine (C=N–C) groups is 1. The Bertz CT molecular complexity index is 605. The lowest BCUT2D eigenvalue weighted by atomic mass is 9.84. The van der Waals surface area contributed by atoms with Crippen molar-refractivity contribution >= 4 is 11.9 Å². The van der Waals surface area contributed by atoms with Crippen molar-refractivity contribution in [3.05, 3.63) is 29.8 Å². The Balaban J connectivity index is 1.78. The molecule has 0 saturated heterocycles. The van der Waals surface area contributed by atoms with E-state index in [1.54, 1.807) is 11.9 Å². The van der Waals surface area contributed by atoms with E-state index >= 15 is 0 Å². The van der Waals surface area contributed by atoms with E-state index in [9.17, 15) is 4.79 Å². The molecule has 0 heterocycles. The molecule has 1 fully saturated rings. The third kappa shape index (κ3) is 5.38. The number of aryl methyl sites for hydroxylation is 1. The molecule has 26 heavy (non-hydrogen) atoms. The third-order valence-corrected chi connectivity index (χ3v) is 4.92. The van der Waals surface area contributed by atoms with Gasteiger partial charge in [-0.05, 0) is 31.9 Å². The summed E-state index contributed by atoms with van der Waals surface area (Å²) in [5.41, 5.74) is 0.910. The molecule has 0 bridgehead atoms. The Labute approximate surface area is 157 Å².